The molecule has 4 nitrogen and oxygen atoms in total. The van der Waals surface area contributed by atoms with Crippen LogP contribution in [0.2, 0.25) is 0 Å². The first-order chi connectivity index (χ1) is 9.11. The van der Waals surface area contributed by atoms with Crippen LogP contribution in [0.3, 0.4) is 0 Å². The zero-order valence-corrected chi connectivity index (χ0v) is 11.4. The largest absolute Gasteiger partial charge is 0.311 e. The molecule has 3 aliphatic rings. The van der Waals surface area contributed by atoms with E-state index in [-0.39, 0.29) is 17.0 Å². The first kappa shape index (κ1) is 13.0. The minimum Gasteiger partial charge on any atom is -0.311 e. The Morgan fingerprint density at radius 3 is 2.47 bits per heavy atom. The molecule has 1 aromatic rings. The number of sulfonamides is 1. The number of hydrogen-bond donors (Lipinski definition) is 1. The van der Waals surface area contributed by atoms with Crippen molar-refractivity contribution in [3.05, 3.63) is 29.8 Å². The Balaban J connectivity index is 1.89. The summed E-state index contributed by atoms with van der Waals surface area (Å²) in [7, 11) is -3.45. The smallest absolute Gasteiger partial charge is 0.243 e. The molecule has 0 spiro atoms. The normalized spacial score (nSPS) is 27.6. The average Bonchev–Trinajstić information content (AvgIpc) is 2.48. The van der Waals surface area contributed by atoms with E-state index in [1.54, 1.807) is 4.31 Å². The van der Waals surface area contributed by atoms with E-state index in [1.165, 1.54) is 24.3 Å². The summed E-state index contributed by atoms with van der Waals surface area (Å²) in [5.41, 5.74) is 0.501. The minimum atomic E-state index is -3.45. The highest BCUT2D eigenvalue weighted by Crippen LogP contribution is 2.28. The number of hydrogen-bond acceptors (Lipinski definition) is 3. The lowest BCUT2D eigenvalue weighted by Crippen LogP contribution is -2.62. The van der Waals surface area contributed by atoms with Crippen molar-refractivity contribution in [1.29, 1.82) is 0 Å². The van der Waals surface area contributed by atoms with Gasteiger partial charge in [0.2, 0.25) is 10.0 Å². The molecule has 0 aromatic heterocycles. The second-order valence-corrected chi connectivity index (χ2v) is 7.08. The van der Waals surface area contributed by atoms with Gasteiger partial charge in [0.1, 0.15) is 6.67 Å². The molecule has 3 saturated heterocycles. The summed E-state index contributed by atoms with van der Waals surface area (Å²) in [5, 5.41) is 3.33. The van der Waals surface area contributed by atoms with Gasteiger partial charge in [0.15, 0.2) is 0 Å². The molecule has 2 atom stereocenters. The predicted molar refractivity (Wildman–Crippen MR) is 70.0 cm³/mol. The molecule has 3 aliphatic heterocycles. The van der Waals surface area contributed by atoms with Gasteiger partial charge in [-0.05, 0) is 30.5 Å². The zero-order valence-electron chi connectivity index (χ0n) is 10.5. The third-order valence-corrected chi connectivity index (χ3v) is 5.91. The summed E-state index contributed by atoms with van der Waals surface area (Å²) in [4.78, 5) is 0.261. The fourth-order valence-corrected chi connectivity index (χ4v) is 4.55. The molecule has 3 heterocycles. The van der Waals surface area contributed by atoms with E-state index in [0.717, 1.165) is 19.4 Å². The molecule has 0 aliphatic carbocycles. The lowest BCUT2D eigenvalue weighted by atomic mass is 9.96. The van der Waals surface area contributed by atoms with Gasteiger partial charge in [0.05, 0.1) is 4.90 Å². The maximum absolute atomic E-state index is 12.6. The van der Waals surface area contributed by atoms with E-state index in [0.29, 0.717) is 12.1 Å². The van der Waals surface area contributed by atoms with Gasteiger partial charge in [0, 0.05) is 25.2 Å². The molecule has 3 fully saturated rings. The quantitative estimate of drug-likeness (QED) is 0.909. The first-order valence-electron chi connectivity index (χ1n) is 6.51. The molecule has 6 heteroatoms. The summed E-state index contributed by atoms with van der Waals surface area (Å²) < 4.78 is 39.2. The maximum atomic E-state index is 12.6. The van der Waals surface area contributed by atoms with Crippen LogP contribution in [0, 0.1) is 0 Å². The van der Waals surface area contributed by atoms with Crippen LogP contribution >= 0.6 is 0 Å². The average molecular weight is 284 g/mol. The third-order valence-electron chi connectivity index (χ3n) is 3.98. The van der Waals surface area contributed by atoms with Gasteiger partial charge in [-0.25, -0.2) is 12.8 Å². The second kappa shape index (κ2) is 4.85. The van der Waals surface area contributed by atoms with E-state index in [1.807, 2.05) is 0 Å². The summed E-state index contributed by atoms with van der Waals surface area (Å²) in [6.07, 6.45) is 1.96. The van der Waals surface area contributed by atoms with Gasteiger partial charge >= 0.3 is 0 Å². The van der Waals surface area contributed by atoms with Crippen molar-refractivity contribution in [2.24, 2.45) is 0 Å². The van der Waals surface area contributed by atoms with Crippen molar-refractivity contribution in [1.82, 2.24) is 9.62 Å². The van der Waals surface area contributed by atoms with Crippen molar-refractivity contribution in [3.63, 3.8) is 0 Å². The third kappa shape index (κ3) is 2.28. The number of piperazine rings is 1. The molecule has 0 saturated carbocycles. The number of fused-ring (bicyclic) bond motifs is 3. The molecular formula is C13H17FN2O2S. The molecule has 1 aromatic carbocycles. The second-order valence-electron chi connectivity index (χ2n) is 5.19. The van der Waals surface area contributed by atoms with Gasteiger partial charge in [-0.2, -0.15) is 4.31 Å². The molecule has 104 valence electrons. The van der Waals surface area contributed by atoms with E-state index in [2.05, 4.69) is 5.32 Å². The number of piperidine rings is 2. The van der Waals surface area contributed by atoms with E-state index in [9.17, 15) is 12.8 Å². The Morgan fingerprint density at radius 2 is 2.00 bits per heavy atom. The topological polar surface area (TPSA) is 49.4 Å². The molecule has 2 unspecified atom stereocenters. The Kier molecular flexibility index (Phi) is 3.32. The fourth-order valence-electron chi connectivity index (χ4n) is 2.85. The van der Waals surface area contributed by atoms with Crippen LogP contribution in [0.15, 0.2) is 29.2 Å². The van der Waals surface area contributed by atoms with E-state index >= 15 is 0 Å². The Bertz CT molecular complexity index is 551. The molecule has 4 rings (SSSR count). The lowest BCUT2D eigenvalue weighted by molar-refractivity contribution is 0.152. The minimum absolute atomic E-state index is 0.0517. The van der Waals surface area contributed by atoms with Crippen molar-refractivity contribution in [2.45, 2.75) is 36.5 Å². The highest BCUT2D eigenvalue weighted by molar-refractivity contribution is 7.89. The Morgan fingerprint density at radius 1 is 1.26 bits per heavy atom. The molecule has 0 radical (unpaired) electrons. The fraction of sp³-hybridized carbons (Fsp3) is 0.538. The van der Waals surface area contributed by atoms with Crippen LogP contribution in [0.4, 0.5) is 4.39 Å². The molecular weight excluding hydrogens is 267 g/mol. The molecule has 0 amide bonds. The van der Waals surface area contributed by atoms with Gasteiger partial charge < -0.3 is 5.32 Å². The van der Waals surface area contributed by atoms with Crippen molar-refractivity contribution < 1.29 is 12.8 Å². The summed E-state index contributed by atoms with van der Waals surface area (Å²) in [6.45, 7) is 0.697. The van der Waals surface area contributed by atoms with Crippen LogP contribution in [0.5, 0.6) is 0 Å². The van der Waals surface area contributed by atoms with Crippen molar-refractivity contribution >= 4 is 10.0 Å². The summed E-state index contributed by atoms with van der Waals surface area (Å²) >= 11 is 0. The molecule has 2 bridgehead atoms. The highest BCUT2D eigenvalue weighted by Gasteiger charge is 2.40. The van der Waals surface area contributed by atoms with Crippen LogP contribution in [0.25, 0.3) is 0 Å². The van der Waals surface area contributed by atoms with Crippen molar-refractivity contribution in [2.75, 3.05) is 13.1 Å². The standard InChI is InChI=1S/C13H17FN2O2S/c14-7-10-1-5-13(6-2-10)19(17,18)16-9-11-3-4-12(16)8-15-11/h1-2,5-6,11-12,15H,3-4,7-9H2. The molecule has 19 heavy (non-hydrogen) atoms. The van der Waals surface area contributed by atoms with Gasteiger partial charge in [0.25, 0.3) is 0 Å². The van der Waals surface area contributed by atoms with Crippen LogP contribution in [0.1, 0.15) is 18.4 Å². The number of rotatable bonds is 3. The van der Waals surface area contributed by atoms with Gasteiger partial charge in [-0.15, -0.1) is 0 Å². The summed E-state index contributed by atoms with van der Waals surface area (Å²) in [5.74, 6) is 0. The lowest BCUT2D eigenvalue weighted by Gasteiger charge is -2.44. The van der Waals surface area contributed by atoms with Crippen molar-refractivity contribution in [3.8, 4) is 0 Å². The summed E-state index contributed by atoms with van der Waals surface area (Å²) in [6, 6.07) is 6.39. The highest BCUT2D eigenvalue weighted by atomic mass is 32.2. The number of benzene rings is 1. The number of halogens is 1. The maximum Gasteiger partial charge on any atom is 0.243 e. The predicted octanol–water partition coefficient (Wildman–Crippen LogP) is 1.28. The number of nitrogens with zero attached hydrogens (tertiary/aromatic N) is 1. The Labute approximate surface area is 112 Å². The monoisotopic (exact) mass is 284 g/mol. The SMILES string of the molecule is O=S(=O)(c1ccc(CF)cc1)N1CC2CCC1CN2. The van der Waals surface area contributed by atoms with Crippen LogP contribution < -0.4 is 5.32 Å². The zero-order chi connectivity index (χ0) is 13.5. The first-order valence-corrected chi connectivity index (χ1v) is 7.95. The van der Waals surface area contributed by atoms with E-state index < -0.39 is 16.7 Å². The van der Waals surface area contributed by atoms with Crippen LogP contribution in [-0.2, 0) is 16.7 Å². The number of nitrogens with one attached hydrogen (secondary N) is 1. The van der Waals surface area contributed by atoms with E-state index in [4.69, 9.17) is 0 Å². The van der Waals surface area contributed by atoms with Crippen LogP contribution in [-0.4, -0.2) is 37.9 Å². The Hall–Kier alpha value is -0.980. The number of alkyl halides is 1. The van der Waals surface area contributed by atoms with Gasteiger partial charge in [-0.3, -0.25) is 0 Å². The van der Waals surface area contributed by atoms with Gasteiger partial charge in [-0.1, -0.05) is 12.1 Å². The molecule has 1 N–H and O–H groups in total.